The van der Waals surface area contributed by atoms with Crippen LogP contribution in [0.2, 0.25) is 0 Å². The molecule has 3 heterocycles. The first kappa shape index (κ1) is 19.0. The van der Waals surface area contributed by atoms with E-state index in [0.29, 0.717) is 12.1 Å². The number of anilines is 2. The van der Waals surface area contributed by atoms with Crippen molar-refractivity contribution in [1.82, 2.24) is 19.9 Å². The van der Waals surface area contributed by atoms with Crippen LogP contribution < -0.4 is 15.0 Å². The van der Waals surface area contributed by atoms with Gasteiger partial charge in [-0.2, -0.15) is 0 Å². The maximum atomic E-state index is 5.93. The minimum Gasteiger partial charge on any atom is -0.460 e. The third kappa shape index (κ3) is 4.28. The molecule has 1 N–H and O–H groups in total. The van der Waals surface area contributed by atoms with Crippen molar-refractivity contribution in [3.63, 3.8) is 0 Å². The number of rotatable bonds is 5. The lowest BCUT2D eigenvalue weighted by Crippen LogP contribution is -2.36. The topological polar surface area (TPSA) is 85.3 Å². The fourth-order valence-corrected chi connectivity index (χ4v) is 4.21. The van der Waals surface area contributed by atoms with Crippen molar-refractivity contribution in [1.29, 1.82) is 0 Å². The number of nitrogens with one attached hydrogen (secondary N) is 1. The lowest BCUT2D eigenvalue weighted by molar-refractivity contribution is 0.122. The number of ether oxygens (including phenoxy) is 2. The Hall–Kier alpha value is -3.00. The van der Waals surface area contributed by atoms with Gasteiger partial charge >= 0.3 is 6.01 Å². The van der Waals surface area contributed by atoms with Crippen LogP contribution in [0.3, 0.4) is 0 Å². The van der Waals surface area contributed by atoms with Gasteiger partial charge in [-0.05, 0) is 43.9 Å². The van der Waals surface area contributed by atoms with Crippen molar-refractivity contribution in [2.24, 2.45) is 0 Å². The summed E-state index contributed by atoms with van der Waals surface area (Å²) in [6.07, 6.45) is 11.1. The van der Waals surface area contributed by atoms with Crippen LogP contribution in [0.25, 0.3) is 11.0 Å². The van der Waals surface area contributed by atoms with Crippen LogP contribution in [0.5, 0.6) is 6.01 Å². The summed E-state index contributed by atoms with van der Waals surface area (Å²) in [7, 11) is 0. The molecule has 0 bridgehead atoms. The fraction of sp³-hybridized carbons (Fsp3) is 0.455. The Labute approximate surface area is 175 Å². The van der Waals surface area contributed by atoms with Gasteiger partial charge in [0.2, 0.25) is 0 Å². The van der Waals surface area contributed by atoms with Crippen LogP contribution in [0.15, 0.2) is 43.0 Å². The Kier molecular flexibility index (Phi) is 5.56. The van der Waals surface area contributed by atoms with E-state index in [4.69, 9.17) is 9.47 Å². The molecule has 1 saturated heterocycles. The second-order valence-electron chi connectivity index (χ2n) is 7.78. The van der Waals surface area contributed by atoms with E-state index in [-0.39, 0.29) is 6.10 Å². The van der Waals surface area contributed by atoms with Gasteiger partial charge in [-0.15, -0.1) is 0 Å². The maximum absolute atomic E-state index is 5.93. The summed E-state index contributed by atoms with van der Waals surface area (Å²) in [6, 6.07) is 6.98. The quantitative estimate of drug-likeness (QED) is 0.692. The minimum absolute atomic E-state index is 0.168. The smallest absolute Gasteiger partial charge is 0.316 e. The summed E-state index contributed by atoms with van der Waals surface area (Å²) in [4.78, 5) is 19.8. The normalized spacial score (nSPS) is 22.1. The number of nitrogens with zero attached hydrogens (tertiary/aromatic N) is 5. The van der Waals surface area contributed by atoms with Crippen molar-refractivity contribution in [2.75, 3.05) is 36.5 Å². The largest absolute Gasteiger partial charge is 0.460 e. The first-order valence-corrected chi connectivity index (χ1v) is 10.6. The van der Waals surface area contributed by atoms with E-state index in [1.807, 2.05) is 0 Å². The molecule has 1 aliphatic carbocycles. The Balaban J connectivity index is 1.29. The Morgan fingerprint density at radius 3 is 2.47 bits per heavy atom. The van der Waals surface area contributed by atoms with Crippen molar-refractivity contribution in [3.8, 4) is 6.01 Å². The Morgan fingerprint density at radius 1 is 0.900 bits per heavy atom. The number of aromatic nitrogens is 4. The van der Waals surface area contributed by atoms with Crippen molar-refractivity contribution in [2.45, 2.75) is 37.8 Å². The molecule has 8 heteroatoms. The van der Waals surface area contributed by atoms with Crippen molar-refractivity contribution >= 4 is 22.4 Å². The number of morpholine rings is 1. The summed E-state index contributed by atoms with van der Waals surface area (Å²) in [5, 5.41) is 3.74. The van der Waals surface area contributed by atoms with Gasteiger partial charge in [-0.3, -0.25) is 9.97 Å². The lowest BCUT2D eigenvalue weighted by Gasteiger charge is -2.31. The first-order chi connectivity index (χ1) is 14.8. The van der Waals surface area contributed by atoms with Crippen LogP contribution in [0.1, 0.15) is 25.7 Å². The van der Waals surface area contributed by atoms with Gasteiger partial charge in [0.05, 0.1) is 24.4 Å². The second kappa shape index (κ2) is 8.79. The SMILES string of the molecule is c1cnc(OC2CCC(Nc3cc(N4CCOCC4)cc4nccnc34)CC2)nc1. The standard InChI is InChI=1S/C22H26N6O2/c1-6-25-22(26-7-1)30-18-4-2-16(3-5-18)27-20-15-17(28-10-12-29-13-11-28)14-19-21(20)24-9-8-23-19/h1,6-9,14-16,18,27H,2-5,10-13H2. The predicted molar refractivity (Wildman–Crippen MR) is 115 cm³/mol. The van der Waals surface area contributed by atoms with Gasteiger partial charge < -0.3 is 19.7 Å². The highest BCUT2D eigenvalue weighted by Crippen LogP contribution is 2.31. The average Bonchev–Trinajstić information content (AvgIpc) is 2.81. The number of hydrogen-bond acceptors (Lipinski definition) is 8. The van der Waals surface area contributed by atoms with Crippen LogP contribution in [0, 0.1) is 0 Å². The minimum atomic E-state index is 0.168. The van der Waals surface area contributed by atoms with Gasteiger partial charge in [-0.25, -0.2) is 9.97 Å². The molecule has 0 radical (unpaired) electrons. The molecule has 1 saturated carbocycles. The van der Waals surface area contributed by atoms with Crippen LogP contribution in [0.4, 0.5) is 11.4 Å². The van der Waals surface area contributed by atoms with Gasteiger partial charge in [0, 0.05) is 49.6 Å². The van der Waals surface area contributed by atoms with Crippen LogP contribution >= 0.6 is 0 Å². The molecule has 8 nitrogen and oxygen atoms in total. The molecule has 0 unspecified atom stereocenters. The van der Waals surface area contributed by atoms with Crippen LogP contribution in [-0.2, 0) is 4.74 Å². The van der Waals surface area contributed by atoms with E-state index in [0.717, 1.165) is 68.7 Å². The highest BCUT2D eigenvalue weighted by Gasteiger charge is 2.24. The molecule has 1 aromatic carbocycles. The highest BCUT2D eigenvalue weighted by molar-refractivity contribution is 5.91. The zero-order chi connectivity index (χ0) is 20.2. The first-order valence-electron chi connectivity index (χ1n) is 10.6. The number of hydrogen-bond donors (Lipinski definition) is 1. The van der Waals surface area contributed by atoms with E-state index >= 15 is 0 Å². The van der Waals surface area contributed by atoms with Gasteiger partial charge in [0.15, 0.2) is 0 Å². The fourth-order valence-electron chi connectivity index (χ4n) is 4.21. The molecule has 0 amide bonds. The van der Waals surface area contributed by atoms with E-state index in [2.05, 4.69) is 42.3 Å². The van der Waals surface area contributed by atoms with Gasteiger partial charge in [0.1, 0.15) is 11.6 Å². The zero-order valence-electron chi connectivity index (χ0n) is 16.9. The molecular formula is C22H26N6O2. The van der Waals surface area contributed by atoms with E-state index in [9.17, 15) is 0 Å². The molecule has 156 valence electrons. The van der Waals surface area contributed by atoms with Gasteiger partial charge in [-0.1, -0.05) is 0 Å². The zero-order valence-corrected chi connectivity index (χ0v) is 16.9. The van der Waals surface area contributed by atoms with E-state index in [1.54, 1.807) is 30.9 Å². The third-order valence-electron chi connectivity index (χ3n) is 5.78. The van der Waals surface area contributed by atoms with Gasteiger partial charge in [0.25, 0.3) is 0 Å². The summed E-state index contributed by atoms with van der Waals surface area (Å²) in [6.45, 7) is 3.32. The molecule has 2 fully saturated rings. The maximum Gasteiger partial charge on any atom is 0.316 e. The lowest BCUT2D eigenvalue weighted by atomic mass is 9.92. The van der Waals surface area contributed by atoms with Crippen molar-refractivity contribution < 1.29 is 9.47 Å². The predicted octanol–water partition coefficient (Wildman–Crippen LogP) is 3.06. The Morgan fingerprint density at radius 2 is 1.67 bits per heavy atom. The van der Waals surface area contributed by atoms with E-state index < -0.39 is 0 Å². The summed E-state index contributed by atoms with van der Waals surface area (Å²) >= 11 is 0. The average molecular weight is 406 g/mol. The van der Waals surface area contributed by atoms with E-state index in [1.165, 1.54) is 5.69 Å². The summed E-state index contributed by atoms with van der Waals surface area (Å²) < 4.78 is 11.4. The molecule has 30 heavy (non-hydrogen) atoms. The third-order valence-corrected chi connectivity index (χ3v) is 5.78. The molecule has 5 rings (SSSR count). The molecular weight excluding hydrogens is 380 g/mol. The molecule has 0 atom stereocenters. The highest BCUT2D eigenvalue weighted by atomic mass is 16.5. The number of benzene rings is 1. The number of fused-ring (bicyclic) bond motifs is 1. The summed E-state index contributed by atoms with van der Waals surface area (Å²) in [5.41, 5.74) is 4.07. The summed E-state index contributed by atoms with van der Waals surface area (Å²) in [5.74, 6) is 0. The monoisotopic (exact) mass is 406 g/mol. The molecule has 2 aliphatic rings. The van der Waals surface area contributed by atoms with Crippen LogP contribution in [-0.4, -0.2) is 58.4 Å². The molecule has 0 spiro atoms. The molecule has 1 aliphatic heterocycles. The Bertz CT molecular complexity index is 972. The molecule has 2 aromatic heterocycles. The molecule has 3 aromatic rings. The second-order valence-corrected chi connectivity index (χ2v) is 7.78. The van der Waals surface area contributed by atoms with Crippen molar-refractivity contribution in [3.05, 3.63) is 43.0 Å².